The van der Waals surface area contributed by atoms with Crippen molar-refractivity contribution < 1.29 is 17.2 Å². The fourth-order valence-corrected chi connectivity index (χ4v) is 1.39. The monoisotopic (exact) mass is 212 g/mol. The van der Waals surface area contributed by atoms with Crippen LogP contribution in [0.2, 0.25) is 0 Å². The number of hydrogen-bond acceptors (Lipinski definition) is 4. The van der Waals surface area contributed by atoms with Gasteiger partial charge in [0, 0.05) is 7.05 Å². The summed E-state index contributed by atoms with van der Waals surface area (Å²) in [6, 6.07) is 0. The summed E-state index contributed by atoms with van der Waals surface area (Å²) in [5, 5.41) is 10.0. The van der Waals surface area contributed by atoms with Crippen molar-refractivity contribution in [2.45, 2.75) is 11.6 Å². The second kappa shape index (κ2) is 3.00. The van der Waals surface area contributed by atoms with Crippen molar-refractivity contribution in [3.8, 4) is 0 Å². The first-order chi connectivity index (χ1) is 5.84. The molecule has 1 rings (SSSR count). The van der Waals surface area contributed by atoms with Gasteiger partial charge in [-0.2, -0.15) is 0 Å². The Hall–Kier alpha value is -1.09. The molecule has 1 aromatic rings. The third kappa shape index (κ3) is 1.80. The molecule has 0 aliphatic rings. The van der Waals surface area contributed by atoms with Gasteiger partial charge in [-0.1, -0.05) is 0 Å². The van der Waals surface area contributed by atoms with Crippen LogP contribution in [-0.2, 0) is 17.1 Å². The zero-order valence-electron chi connectivity index (χ0n) is 6.48. The molecule has 1 heterocycles. The third-order valence-electron chi connectivity index (χ3n) is 1.32. The van der Waals surface area contributed by atoms with E-state index in [0.29, 0.717) is 4.57 Å². The zero-order chi connectivity index (χ0) is 10.2. The number of rotatable bonds is 2. The van der Waals surface area contributed by atoms with Crippen molar-refractivity contribution in [3.63, 3.8) is 0 Å². The predicted octanol–water partition coefficient (Wildman–Crippen LogP) is -0.600. The Balaban J connectivity index is 3.30. The van der Waals surface area contributed by atoms with Crippen LogP contribution in [-0.4, -0.2) is 23.2 Å². The first kappa shape index (κ1) is 9.99. The SMILES string of the molecule is Cn1c(C(F)F)nnc1S(N)(=O)=O. The number of alkyl halides is 2. The van der Waals surface area contributed by atoms with Crippen molar-refractivity contribution in [2.75, 3.05) is 0 Å². The molecule has 0 radical (unpaired) electrons. The lowest BCUT2D eigenvalue weighted by Gasteiger charge is -1.99. The first-order valence-electron chi connectivity index (χ1n) is 3.04. The lowest BCUT2D eigenvalue weighted by molar-refractivity contribution is 0.135. The molecule has 0 spiro atoms. The predicted molar refractivity (Wildman–Crippen MR) is 37.3 cm³/mol. The minimum atomic E-state index is -4.09. The van der Waals surface area contributed by atoms with Crippen molar-refractivity contribution in [2.24, 2.45) is 12.2 Å². The highest BCUT2D eigenvalue weighted by Crippen LogP contribution is 2.17. The van der Waals surface area contributed by atoms with Crippen molar-refractivity contribution in [1.82, 2.24) is 14.8 Å². The summed E-state index contributed by atoms with van der Waals surface area (Å²) < 4.78 is 46.2. The lowest BCUT2D eigenvalue weighted by Crippen LogP contribution is -2.17. The molecule has 9 heteroatoms. The molecular weight excluding hydrogens is 206 g/mol. The number of nitrogens with two attached hydrogens (primary N) is 1. The molecule has 2 N–H and O–H groups in total. The normalized spacial score (nSPS) is 12.4. The molecule has 6 nitrogen and oxygen atoms in total. The number of nitrogens with zero attached hydrogens (tertiary/aromatic N) is 3. The van der Waals surface area contributed by atoms with E-state index >= 15 is 0 Å². The Morgan fingerprint density at radius 3 is 2.23 bits per heavy atom. The smallest absolute Gasteiger partial charge is 0.297 e. The van der Waals surface area contributed by atoms with E-state index in [9.17, 15) is 17.2 Å². The Bertz CT molecular complexity index is 412. The van der Waals surface area contributed by atoms with E-state index < -0.39 is 27.4 Å². The van der Waals surface area contributed by atoms with Gasteiger partial charge in [0.2, 0.25) is 5.82 Å². The van der Waals surface area contributed by atoms with Gasteiger partial charge in [-0.05, 0) is 0 Å². The summed E-state index contributed by atoms with van der Waals surface area (Å²) in [4.78, 5) is 0. The molecule has 0 bridgehead atoms. The second-order valence-corrected chi connectivity index (χ2v) is 3.70. The summed E-state index contributed by atoms with van der Waals surface area (Å²) in [6.07, 6.45) is -2.88. The van der Waals surface area contributed by atoms with Gasteiger partial charge in [0.15, 0.2) is 0 Å². The van der Waals surface area contributed by atoms with Gasteiger partial charge < -0.3 is 0 Å². The Morgan fingerprint density at radius 2 is 2.00 bits per heavy atom. The third-order valence-corrected chi connectivity index (χ3v) is 2.18. The van der Waals surface area contributed by atoms with Crippen LogP contribution in [0, 0.1) is 0 Å². The van der Waals surface area contributed by atoms with E-state index in [1.165, 1.54) is 0 Å². The van der Waals surface area contributed by atoms with Gasteiger partial charge >= 0.3 is 0 Å². The van der Waals surface area contributed by atoms with Gasteiger partial charge in [-0.25, -0.2) is 22.3 Å². The zero-order valence-corrected chi connectivity index (χ0v) is 7.29. The topological polar surface area (TPSA) is 90.9 Å². The van der Waals surface area contributed by atoms with Crippen molar-refractivity contribution in [3.05, 3.63) is 5.82 Å². The van der Waals surface area contributed by atoms with Gasteiger partial charge in [-0.3, -0.25) is 4.57 Å². The number of aromatic nitrogens is 3. The molecule has 0 aliphatic heterocycles. The second-order valence-electron chi connectivity index (χ2n) is 2.25. The summed E-state index contributed by atoms with van der Waals surface area (Å²) in [6.45, 7) is 0. The maximum Gasteiger partial charge on any atom is 0.297 e. The van der Waals surface area contributed by atoms with Gasteiger partial charge in [0.05, 0.1) is 0 Å². The molecule has 0 saturated heterocycles. The molecule has 0 atom stereocenters. The van der Waals surface area contributed by atoms with E-state index in [1.54, 1.807) is 0 Å². The van der Waals surface area contributed by atoms with Gasteiger partial charge in [0.1, 0.15) is 0 Å². The standard InChI is InChI=1S/C4H6F2N4O2S/c1-10-3(2(5)6)8-9-4(10)13(7,11)12/h2H,1H3,(H2,7,11,12). The molecule has 13 heavy (non-hydrogen) atoms. The van der Waals surface area contributed by atoms with Crippen LogP contribution in [0.25, 0.3) is 0 Å². The number of sulfonamides is 1. The largest absolute Gasteiger partial charge is 0.299 e. The highest BCUT2D eigenvalue weighted by molar-refractivity contribution is 7.89. The fraction of sp³-hybridized carbons (Fsp3) is 0.500. The maximum absolute atomic E-state index is 12.1. The Morgan fingerprint density at radius 1 is 1.46 bits per heavy atom. The van der Waals surface area contributed by atoms with Crippen LogP contribution in [0.3, 0.4) is 0 Å². The molecular formula is C4H6F2N4O2S. The van der Waals surface area contributed by atoms with E-state index in [4.69, 9.17) is 0 Å². The summed E-state index contributed by atoms with van der Waals surface area (Å²) in [5.74, 6) is -0.732. The number of primary sulfonamides is 1. The Labute approximate surface area is 72.4 Å². The minimum Gasteiger partial charge on any atom is -0.299 e. The summed E-state index contributed by atoms with van der Waals surface area (Å²) in [7, 11) is -2.99. The minimum absolute atomic E-state index is 0.639. The van der Waals surface area contributed by atoms with Crippen molar-refractivity contribution in [1.29, 1.82) is 0 Å². The fourth-order valence-electron chi connectivity index (χ4n) is 0.764. The van der Waals surface area contributed by atoms with E-state index in [-0.39, 0.29) is 0 Å². The highest BCUT2D eigenvalue weighted by Gasteiger charge is 2.23. The molecule has 0 unspecified atom stereocenters. The Kier molecular flexibility index (Phi) is 2.30. The lowest BCUT2D eigenvalue weighted by atomic mass is 10.6. The van der Waals surface area contributed by atoms with Crippen LogP contribution in [0.4, 0.5) is 8.78 Å². The summed E-state index contributed by atoms with van der Waals surface area (Å²) in [5.41, 5.74) is 0. The molecule has 0 aliphatic carbocycles. The summed E-state index contributed by atoms with van der Waals surface area (Å²) >= 11 is 0. The van der Waals surface area contributed by atoms with E-state index in [1.807, 2.05) is 0 Å². The van der Waals surface area contributed by atoms with Crippen LogP contribution in [0.5, 0.6) is 0 Å². The van der Waals surface area contributed by atoms with E-state index in [2.05, 4.69) is 15.3 Å². The average molecular weight is 212 g/mol. The molecule has 1 aromatic heterocycles. The van der Waals surface area contributed by atoms with Crippen molar-refractivity contribution >= 4 is 10.0 Å². The molecule has 0 fully saturated rings. The van der Waals surface area contributed by atoms with E-state index in [0.717, 1.165) is 7.05 Å². The van der Waals surface area contributed by atoms with Gasteiger partial charge in [0.25, 0.3) is 21.6 Å². The van der Waals surface area contributed by atoms with Crippen LogP contribution in [0.15, 0.2) is 5.16 Å². The van der Waals surface area contributed by atoms with Crippen LogP contribution >= 0.6 is 0 Å². The average Bonchev–Trinajstić information content (AvgIpc) is 2.28. The molecule has 0 aromatic carbocycles. The maximum atomic E-state index is 12.1. The molecule has 0 saturated carbocycles. The van der Waals surface area contributed by atoms with Crippen LogP contribution < -0.4 is 5.14 Å². The first-order valence-corrected chi connectivity index (χ1v) is 4.59. The molecule has 0 amide bonds. The highest BCUT2D eigenvalue weighted by atomic mass is 32.2. The quantitative estimate of drug-likeness (QED) is 0.708. The number of halogens is 2. The molecule has 74 valence electrons. The van der Waals surface area contributed by atoms with Crippen LogP contribution in [0.1, 0.15) is 12.2 Å². The number of hydrogen-bond donors (Lipinski definition) is 1. The van der Waals surface area contributed by atoms with Gasteiger partial charge in [-0.15, -0.1) is 10.2 Å².